The molecule has 0 fully saturated rings. The van der Waals surface area contributed by atoms with Gasteiger partial charge in [-0.05, 0) is 18.4 Å². The second kappa shape index (κ2) is 11.4. The number of carbonyl (C=O) groups excluding carboxylic acids is 2. The minimum absolute atomic E-state index is 0.166. The highest BCUT2D eigenvalue weighted by atomic mass is 16.5. The Hall–Kier alpha value is -2.14. The van der Waals surface area contributed by atoms with Crippen molar-refractivity contribution in [2.24, 2.45) is 0 Å². The lowest BCUT2D eigenvalue weighted by Crippen LogP contribution is -2.39. The molecule has 0 aromatic heterocycles. The molecule has 0 unspecified atom stereocenters. The Morgan fingerprint density at radius 2 is 1.62 bits per heavy atom. The first-order valence-electron chi connectivity index (χ1n) is 8.13. The lowest BCUT2D eigenvalue weighted by molar-refractivity contribution is -0.141. The Morgan fingerprint density at radius 3 is 2.08 bits per heavy atom. The SMILES string of the molecule is C=CC[C@H](Cc1ccccc1)N(CCC(=O)OC)CCC(=O)OC. The van der Waals surface area contributed by atoms with Gasteiger partial charge >= 0.3 is 11.9 Å². The molecule has 0 heterocycles. The normalized spacial score (nSPS) is 11.8. The molecule has 0 saturated carbocycles. The van der Waals surface area contributed by atoms with E-state index >= 15 is 0 Å². The smallest absolute Gasteiger partial charge is 0.306 e. The van der Waals surface area contributed by atoms with Crippen LogP contribution in [0.3, 0.4) is 0 Å². The van der Waals surface area contributed by atoms with E-state index in [9.17, 15) is 9.59 Å². The zero-order chi connectivity index (χ0) is 17.8. The minimum Gasteiger partial charge on any atom is -0.469 e. The summed E-state index contributed by atoms with van der Waals surface area (Å²) >= 11 is 0. The summed E-state index contributed by atoms with van der Waals surface area (Å²) in [5, 5.41) is 0. The standard InChI is InChI=1S/C19H27NO4/c1-4-8-17(15-16-9-6-5-7-10-16)20(13-11-18(21)23-2)14-12-19(22)24-3/h4-7,9-10,17H,1,8,11-15H2,2-3H3/t17-/m1/s1. The monoisotopic (exact) mass is 333 g/mol. The summed E-state index contributed by atoms with van der Waals surface area (Å²) in [4.78, 5) is 25.1. The van der Waals surface area contributed by atoms with Crippen molar-refractivity contribution in [2.75, 3.05) is 27.3 Å². The van der Waals surface area contributed by atoms with Crippen LogP contribution in [-0.4, -0.2) is 50.2 Å². The molecule has 132 valence electrons. The maximum atomic E-state index is 11.5. The average molecular weight is 333 g/mol. The van der Waals surface area contributed by atoms with Crippen LogP contribution in [0.4, 0.5) is 0 Å². The van der Waals surface area contributed by atoms with E-state index in [1.807, 2.05) is 24.3 Å². The molecule has 0 aliphatic rings. The van der Waals surface area contributed by atoms with E-state index in [2.05, 4.69) is 23.6 Å². The first kappa shape index (κ1) is 19.9. The van der Waals surface area contributed by atoms with Gasteiger partial charge < -0.3 is 9.47 Å². The number of nitrogens with zero attached hydrogens (tertiary/aromatic N) is 1. The minimum atomic E-state index is -0.255. The summed E-state index contributed by atoms with van der Waals surface area (Å²) in [5.74, 6) is -0.509. The molecule has 0 aliphatic heterocycles. The van der Waals surface area contributed by atoms with E-state index < -0.39 is 0 Å². The Balaban J connectivity index is 2.80. The maximum Gasteiger partial charge on any atom is 0.306 e. The van der Waals surface area contributed by atoms with Crippen molar-refractivity contribution in [3.05, 3.63) is 48.6 Å². The van der Waals surface area contributed by atoms with Gasteiger partial charge in [-0.1, -0.05) is 36.4 Å². The second-order valence-corrected chi connectivity index (χ2v) is 5.56. The van der Waals surface area contributed by atoms with Gasteiger partial charge in [0.25, 0.3) is 0 Å². The topological polar surface area (TPSA) is 55.8 Å². The molecule has 0 spiro atoms. The Bertz CT molecular complexity index is 495. The number of methoxy groups -OCH3 is 2. The number of rotatable bonds is 11. The molecule has 5 nitrogen and oxygen atoms in total. The second-order valence-electron chi connectivity index (χ2n) is 5.56. The number of hydrogen-bond donors (Lipinski definition) is 0. The summed E-state index contributed by atoms with van der Waals surface area (Å²) in [7, 11) is 2.76. The van der Waals surface area contributed by atoms with E-state index in [-0.39, 0.29) is 18.0 Å². The lowest BCUT2D eigenvalue weighted by atomic mass is 10.0. The van der Waals surface area contributed by atoms with Gasteiger partial charge in [-0.2, -0.15) is 0 Å². The fourth-order valence-electron chi connectivity index (χ4n) is 2.59. The van der Waals surface area contributed by atoms with Crippen molar-refractivity contribution in [1.82, 2.24) is 4.90 Å². The number of ether oxygens (including phenoxy) is 2. The van der Waals surface area contributed by atoms with Crippen LogP contribution in [-0.2, 0) is 25.5 Å². The summed E-state index contributed by atoms with van der Waals surface area (Å²) in [6, 6.07) is 10.3. The van der Waals surface area contributed by atoms with Crippen LogP contribution in [0.2, 0.25) is 0 Å². The van der Waals surface area contributed by atoms with Gasteiger partial charge in [0.15, 0.2) is 0 Å². The van der Waals surface area contributed by atoms with Crippen molar-refractivity contribution in [3.8, 4) is 0 Å². The first-order chi connectivity index (χ1) is 11.6. The third-order valence-electron chi connectivity index (χ3n) is 3.93. The summed E-state index contributed by atoms with van der Waals surface area (Å²) in [6.07, 6.45) is 4.06. The highest BCUT2D eigenvalue weighted by Crippen LogP contribution is 2.14. The number of hydrogen-bond acceptors (Lipinski definition) is 5. The van der Waals surface area contributed by atoms with Gasteiger partial charge in [0, 0.05) is 19.1 Å². The third-order valence-corrected chi connectivity index (χ3v) is 3.93. The van der Waals surface area contributed by atoms with E-state index in [1.165, 1.54) is 19.8 Å². The zero-order valence-electron chi connectivity index (χ0n) is 14.6. The molecule has 1 aromatic carbocycles. The Morgan fingerprint density at radius 1 is 1.08 bits per heavy atom. The number of esters is 2. The molecule has 0 amide bonds. The lowest BCUT2D eigenvalue weighted by Gasteiger charge is -2.31. The summed E-state index contributed by atoms with van der Waals surface area (Å²) in [5.41, 5.74) is 1.21. The van der Waals surface area contributed by atoms with Crippen LogP contribution in [0, 0.1) is 0 Å². The Labute approximate surface area is 144 Å². The molecular formula is C19H27NO4. The van der Waals surface area contributed by atoms with Gasteiger partial charge in [-0.3, -0.25) is 14.5 Å². The molecule has 1 aromatic rings. The average Bonchev–Trinajstić information content (AvgIpc) is 2.61. The fourth-order valence-corrected chi connectivity index (χ4v) is 2.59. The molecule has 5 heteroatoms. The van der Waals surface area contributed by atoms with Gasteiger partial charge in [-0.25, -0.2) is 0 Å². The summed E-state index contributed by atoms with van der Waals surface area (Å²) in [6.45, 7) is 4.91. The molecule has 1 atom stereocenters. The van der Waals surface area contributed by atoms with E-state index in [1.54, 1.807) is 0 Å². The van der Waals surface area contributed by atoms with E-state index in [0.29, 0.717) is 25.9 Å². The van der Waals surface area contributed by atoms with Gasteiger partial charge in [0.1, 0.15) is 0 Å². The molecule has 0 aliphatic carbocycles. The predicted octanol–water partition coefficient (Wildman–Crippen LogP) is 2.60. The van der Waals surface area contributed by atoms with E-state index in [0.717, 1.165) is 12.8 Å². The van der Waals surface area contributed by atoms with Crippen LogP contribution in [0.5, 0.6) is 0 Å². The number of carbonyl (C=O) groups is 2. The number of benzene rings is 1. The third kappa shape index (κ3) is 7.42. The van der Waals surface area contributed by atoms with E-state index in [4.69, 9.17) is 9.47 Å². The molecule has 1 rings (SSSR count). The quantitative estimate of drug-likeness (QED) is 0.460. The van der Waals surface area contributed by atoms with Gasteiger partial charge in [-0.15, -0.1) is 6.58 Å². The highest BCUT2D eigenvalue weighted by molar-refractivity contribution is 5.70. The zero-order valence-corrected chi connectivity index (χ0v) is 14.6. The molecule has 0 N–H and O–H groups in total. The molecule has 0 saturated heterocycles. The van der Waals surface area contributed by atoms with Crippen LogP contribution in [0.1, 0.15) is 24.8 Å². The van der Waals surface area contributed by atoms with Gasteiger partial charge in [0.2, 0.25) is 0 Å². The van der Waals surface area contributed by atoms with Crippen molar-refractivity contribution in [2.45, 2.75) is 31.7 Å². The van der Waals surface area contributed by atoms with Crippen LogP contribution < -0.4 is 0 Å². The fraction of sp³-hybridized carbons (Fsp3) is 0.474. The van der Waals surface area contributed by atoms with Crippen molar-refractivity contribution >= 4 is 11.9 Å². The molecule has 0 radical (unpaired) electrons. The molecule has 0 bridgehead atoms. The Kier molecular flexibility index (Phi) is 9.46. The largest absolute Gasteiger partial charge is 0.469 e. The first-order valence-corrected chi connectivity index (χ1v) is 8.13. The predicted molar refractivity (Wildman–Crippen MR) is 93.6 cm³/mol. The highest BCUT2D eigenvalue weighted by Gasteiger charge is 2.20. The van der Waals surface area contributed by atoms with Crippen LogP contribution in [0.15, 0.2) is 43.0 Å². The van der Waals surface area contributed by atoms with Crippen LogP contribution >= 0.6 is 0 Å². The van der Waals surface area contributed by atoms with Crippen molar-refractivity contribution < 1.29 is 19.1 Å². The van der Waals surface area contributed by atoms with Gasteiger partial charge in [0.05, 0.1) is 27.1 Å². The van der Waals surface area contributed by atoms with Crippen molar-refractivity contribution in [3.63, 3.8) is 0 Å². The maximum absolute atomic E-state index is 11.5. The molecular weight excluding hydrogens is 306 g/mol. The van der Waals surface area contributed by atoms with Crippen LogP contribution in [0.25, 0.3) is 0 Å². The van der Waals surface area contributed by atoms with Crippen molar-refractivity contribution in [1.29, 1.82) is 0 Å². The molecule has 24 heavy (non-hydrogen) atoms. The summed E-state index contributed by atoms with van der Waals surface area (Å²) < 4.78 is 9.46.